The molecule has 2 rings (SSSR count). The standard InChI is InChI=1S/C14H16F2N2O4/c1-8(13(19)18-2-4-21-5-3-18)22-14(20)9-6-10(15)11(16)7-12(9)17/h6-8H,2-5,17H2,1H3/t8-/m1/s1. The van der Waals surface area contributed by atoms with Crippen molar-refractivity contribution in [3.05, 3.63) is 29.3 Å². The Kier molecular flexibility index (Phi) is 4.92. The van der Waals surface area contributed by atoms with Gasteiger partial charge in [-0.05, 0) is 13.0 Å². The van der Waals surface area contributed by atoms with Gasteiger partial charge in [0.1, 0.15) is 0 Å². The number of hydrogen-bond acceptors (Lipinski definition) is 5. The van der Waals surface area contributed by atoms with E-state index in [1.165, 1.54) is 11.8 Å². The highest BCUT2D eigenvalue weighted by Gasteiger charge is 2.26. The van der Waals surface area contributed by atoms with Gasteiger partial charge in [0.05, 0.1) is 18.8 Å². The molecule has 1 aliphatic rings. The van der Waals surface area contributed by atoms with Gasteiger partial charge >= 0.3 is 5.97 Å². The minimum atomic E-state index is -1.21. The van der Waals surface area contributed by atoms with Crippen molar-refractivity contribution in [2.24, 2.45) is 0 Å². The molecule has 1 saturated heterocycles. The molecular formula is C14H16F2N2O4. The Morgan fingerprint density at radius 2 is 1.86 bits per heavy atom. The summed E-state index contributed by atoms with van der Waals surface area (Å²) in [6, 6.07) is 1.35. The molecule has 1 aromatic carbocycles. The van der Waals surface area contributed by atoms with Crippen molar-refractivity contribution in [2.75, 3.05) is 32.0 Å². The fraction of sp³-hybridized carbons (Fsp3) is 0.429. The topological polar surface area (TPSA) is 81.9 Å². The molecule has 120 valence electrons. The molecule has 0 bridgehead atoms. The molecule has 0 radical (unpaired) electrons. The lowest BCUT2D eigenvalue weighted by Gasteiger charge is -2.29. The van der Waals surface area contributed by atoms with Crippen LogP contribution in [0.5, 0.6) is 0 Å². The lowest BCUT2D eigenvalue weighted by molar-refractivity contribution is -0.143. The van der Waals surface area contributed by atoms with Crippen molar-refractivity contribution in [1.82, 2.24) is 4.90 Å². The molecule has 0 aliphatic carbocycles. The van der Waals surface area contributed by atoms with Crippen LogP contribution < -0.4 is 5.73 Å². The molecule has 22 heavy (non-hydrogen) atoms. The Hall–Kier alpha value is -2.22. The van der Waals surface area contributed by atoms with Crippen LogP contribution in [0.15, 0.2) is 12.1 Å². The van der Waals surface area contributed by atoms with E-state index >= 15 is 0 Å². The highest BCUT2D eigenvalue weighted by Crippen LogP contribution is 2.19. The van der Waals surface area contributed by atoms with Crippen molar-refractivity contribution in [3.63, 3.8) is 0 Å². The van der Waals surface area contributed by atoms with Crippen LogP contribution in [0.3, 0.4) is 0 Å². The summed E-state index contributed by atoms with van der Waals surface area (Å²) in [5.74, 6) is -3.73. The second-order valence-corrected chi connectivity index (χ2v) is 4.84. The van der Waals surface area contributed by atoms with Crippen LogP contribution >= 0.6 is 0 Å². The summed E-state index contributed by atoms with van der Waals surface area (Å²) in [6.07, 6.45) is -1.06. The van der Waals surface area contributed by atoms with Gasteiger partial charge in [-0.3, -0.25) is 4.79 Å². The molecule has 1 fully saturated rings. The first-order valence-electron chi connectivity index (χ1n) is 6.72. The van der Waals surface area contributed by atoms with Gasteiger partial charge in [-0.15, -0.1) is 0 Å². The molecule has 1 aromatic rings. The third kappa shape index (κ3) is 3.51. The van der Waals surface area contributed by atoms with Crippen LogP contribution in [0.25, 0.3) is 0 Å². The molecule has 1 atom stereocenters. The molecular weight excluding hydrogens is 298 g/mol. The number of carbonyl (C=O) groups is 2. The van der Waals surface area contributed by atoms with Crippen LogP contribution in [-0.4, -0.2) is 49.2 Å². The number of nitrogen functional groups attached to an aromatic ring is 1. The van der Waals surface area contributed by atoms with Gasteiger partial charge in [0.15, 0.2) is 17.7 Å². The van der Waals surface area contributed by atoms with E-state index in [2.05, 4.69) is 0 Å². The van der Waals surface area contributed by atoms with E-state index in [1.54, 1.807) is 0 Å². The maximum absolute atomic E-state index is 13.2. The Morgan fingerprint density at radius 1 is 1.27 bits per heavy atom. The van der Waals surface area contributed by atoms with E-state index in [0.717, 1.165) is 0 Å². The van der Waals surface area contributed by atoms with Crippen LogP contribution in [-0.2, 0) is 14.3 Å². The van der Waals surface area contributed by atoms with Gasteiger partial charge in [-0.2, -0.15) is 0 Å². The summed E-state index contributed by atoms with van der Waals surface area (Å²) in [5, 5.41) is 0. The number of nitrogens with two attached hydrogens (primary N) is 1. The fourth-order valence-corrected chi connectivity index (χ4v) is 2.05. The Balaban J connectivity index is 2.04. The number of morpholine rings is 1. The lowest BCUT2D eigenvalue weighted by atomic mass is 10.1. The molecule has 0 spiro atoms. The number of ether oxygens (including phenoxy) is 2. The number of halogens is 2. The van der Waals surface area contributed by atoms with Gasteiger partial charge in [0.25, 0.3) is 5.91 Å². The van der Waals surface area contributed by atoms with Gasteiger partial charge in [-0.1, -0.05) is 0 Å². The van der Waals surface area contributed by atoms with Gasteiger partial charge in [0, 0.05) is 24.8 Å². The van der Waals surface area contributed by atoms with E-state index in [1.807, 2.05) is 0 Å². The normalized spacial score (nSPS) is 16.2. The van der Waals surface area contributed by atoms with Crippen LogP contribution in [0.2, 0.25) is 0 Å². The Labute approximate surface area is 125 Å². The van der Waals surface area contributed by atoms with E-state index in [0.29, 0.717) is 38.4 Å². The molecule has 8 heteroatoms. The van der Waals surface area contributed by atoms with Gasteiger partial charge in [0.2, 0.25) is 0 Å². The fourth-order valence-electron chi connectivity index (χ4n) is 2.05. The van der Waals surface area contributed by atoms with Gasteiger partial charge < -0.3 is 20.1 Å². The van der Waals surface area contributed by atoms with Crippen molar-refractivity contribution in [1.29, 1.82) is 0 Å². The van der Waals surface area contributed by atoms with Crippen molar-refractivity contribution in [3.8, 4) is 0 Å². The molecule has 1 heterocycles. The maximum atomic E-state index is 13.2. The predicted octanol–water partition coefficient (Wildman–Crippen LogP) is 0.951. The zero-order valence-electron chi connectivity index (χ0n) is 12.0. The summed E-state index contributed by atoms with van der Waals surface area (Å²) in [7, 11) is 0. The van der Waals surface area contributed by atoms with Crippen LogP contribution in [0, 0.1) is 11.6 Å². The number of esters is 1. The highest BCUT2D eigenvalue weighted by molar-refractivity contribution is 5.96. The number of amides is 1. The first kappa shape index (κ1) is 16.2. The maximum Gasteiger partial charge on any atom is 0.341 e. The van der Waals surface area contributed by atoms with Crippen LogP contribution in [0.4, 0.5) is 14.5 Å². The number of hydrogen-bond donors (Lipinski definition) is 1. The number of nitrogens with zero attached hydrogens (tertiary/aromatic N) is 1. The molecule has 0 aromatic heterocycles. The lowest BCUT2D eigenvalue weighted by Crippen LogP contribution is -2.46. The summed E-state index contributed by atoms with van der Waals surface area (Å²) in [6.45, 7) is 3.07. The zero-order chi connectivity index (χ0) is 16.3. The van der Waals surface area contributed by atoms with E-state index < -0.39 is 23.7 Å². The van der Waals surface area contributed by atoms with Crippen molar-refractivity contribution in [2.45, 2.75) is 13.0 Å². The Bertz CT molecular complexity index is 588. The summed E-state index contributed by atoms with van der Waals surface area (Å²) in [4.78, 5) is 25.5. The summed E-state index contributed by atoms with van der Waals surface area (Å²) in [5.41, 5.74) is 4.89. The molecule has 1 amide bonds. The largest absolute Gasteiger partial charge is 0.449 e. The van der Waals surface area contributed by atoms with Crippen LogP contribution in [0.1, 0.15) is 17.3 Å². The summed E-state index contributed by atoms with van der Waals surface area (Å²) < 4.78 is 36.3. The minimum absolute atomic E-state index is 0.255. The third-order valence-electron chi connectivity index (χ3n) is 3.27. The minimum Gasteiger partial charge on any atom is -0.449 e. The van der Waals surface area contributed by atoms with Crippen molar-refractivity contribution < 1.29 is 27.8 Å². The average molecular weight is 314 g/mol. The number of carbonyl (C=O) groups excluding carboxylic acids is 2. The SMILES string of the molecule is C[C@@H](OC(=O)c1cc(F)c(F)cc1N)C(=O)N1CCOCC1. The van der Waals surface area contributed by atoms with E-state index in [4.69, 9.17) is 15.2 Å². The first-order valence-corrected chi connectivity index (χ1v) is 6.72. The Morgan fingerprint density at radius 3 is 2.50 bits per heavy atom. The molecule has 1 aliphatic heterocycles. The molecule has 6 nitrogen and oxygen atoms in total. The van der Waals surface area contributed by atoms with Gasteiger partial charge in [-0.25, -0.2) is 13.6 Å². The van der Waals surface area contributed by atoms with E-state index in [-0.39, 0.29) is 17.2 Å². The highest BCUT2D eigenvalue weighted by atomic mass is 19.2. The molecule has 0 unspecified atom stereocenters. The smallest absolute Gasteiger partial charge is 0.341 e. The quantitative estimate of drug-likeness (QED) is 0.663. The second kappa shape index (κ2) is 6.69. The first-order chi connectivity index (χ1) is 10.4. The zero-order valence-corrected chi connectivity index (χ0v) is 12.0. The number of benzene rings is 1. The van der Waals surface area contributed by atoms with E-state index in [9.17, 15) is 18.4 Å². The van der Waals surface area contributed by atoms with Crippen molar-refractivity contribution >= 4 is 17.6 Å². The molecule has 0 saturated carbocycles. The third-order valence-corrected chi connectivity index (χ3v) is 3.27. The molecule has 2 N–H and O–H groups in total. The second-order valence-electron chi connectivity index (χ2n) is 4.84. The predicted molar refractivity (Wildman–Crippen MR) is 73.0 cm³/mol. The number of anilines is 1. The average Bonchev–Trinajstić information content (AvgIpc) is 2.50. The summed E-state index contributed by atoms with van der Waals surface area (Å²) >= 11 is 0. The monoisotopic (exact) mass is 314 g/mol. The number of rotatable bonds is 3.